The molecule has 0 aromatic heterocycles. The molecular weight excluding hydrogens is 284 g/mol. The molecular formula is C13H18O4S2. The molecule has 6 heteroatoms. The zero-order valence-corrected chi connectivity index (χ0v) is 12.7. The van der Waals surface area contributed by atoms with Crippen molar-refractivity contribution in [2.24, 2.45) is 0 Å². The minimum atomic E-state index is -3.40. The highest BCUT2D eigenvalue weighted by Gasteiger charge is 2.20. The standard InChI is InChI=1S/C13H18O4S2/c1-3-18-8-5-9-19(16,17)12-7-4-6-11(10(12)2)13(14)15/h4,6-7H,3,5,8-9H2,1-2H3,(H,14,15). The highest BCUT2D eigenvalue weighted by Crippen LogP contribution is 2.21. The molecule has 19 heavy (non-hydrogen) atoms. The topological polar surface area (TPSA) is 71.4 Å². The average molecular weight is 302 g/mol. The van der Waals surface area contributed by atoms with Crippen LogP contribution >= 0.6 is 11.8 Å². The molecule has 0 spiro atoms. The van der Waals surface area contributed by atoms with Crippen LogP contribution in [0, 0.1) is 6.92 Å². The smallest absolute Gasteiger partial charge is 0.335 e. The second-order valence-corrected chi connectivity index (χ2v) is 7.57. The van der Waals surface area contributed by atoms with Gasteiger partial charge >= 0.3 is 5.97 Å². The maximum atomic E-state index is 12.2. The van der Waals surface area contributed by atoms with Gasteiger partial charge in [-0.1, -0.05) is 13.0 Å². The van der Waals surface area contributed by atoms with E-state index in [2.05, 4.69) is 0 Å². The van der Waals surface area contributed by atoms with Crippen LogP contribution in [0.2, 0.25) is 0 Å². The van der Waals surface area contributed by atoms with E-state index in [9.17, 15) is 13.2 Å². The summed E-state index contributed by atoms with van der Waals surface area (Å²) in [6, 6.07) is 4.37. The number of benzene rings is 1. The first-order valence-corrected chi connectivity index (χ1v) is 8.84. The highest BCUT2D eigenvalue weighted by molar-refractivity contribution is 7.99. The molecule has 0 aliphatic rings. The van der Waals surface area contributed by atoms with E-state index in [0.29, 0.717) is 12.0 Å². The summed E-state index contributed by atoms with van der Waals surface area (Å²) in [4.78, 5) is 11.1. The van der Waals surface area contributed by atoms with Crippen molar-refractivity contribution in [3.05, 3.63) is 29.3 Å². The number of sulfone groups is 1. The summed E-state index contributed by atoms with van der Waals surface area (Å²) in [6.07, 6.45) is 0.581. The molecule has 0 saturated heterocycles. The van der Waals surface area contributed by atoms with Crippen molar-refractivity contribution in [2.75, 3.05) is 17.3 Å². The lowest BCUT2D eigenvalue weighted by atomic mass is 10.1. The molecule has 0 unspecified atom stereocenters. The Balaban J connectivity index is 2.96. The Labute approximate surface area is 118 Å². The maximum Gasteiger partial charge on any atom is 0.335 e. The molecule has 0 heterocycles. The summed E-state index contributed by atoms with van der Waals surface area (Å²) < 4.78 is 24.4. The zero-order chi connectivity index (χ0) is 14.5. The number of hydrogen-bond acceptors (Lipinski definition) is 4. The highest BCUT2D eigenvalue weighted by atomic mass is 32.2. The summed E-state index contributed by atoms with van der Waals surface area (Å²) in [5.74, 6) is 0.723. The van der Waals surface area contributed by atoms with E-state index < -0.39 is 15.8 Å². The van der Waals surface area contributed by atoms with Crippen molar-refractivity contribution in [3.8, 4) is 0 Å². The van der Waals surface area contributed by atoms with Gasteiger partial charge in [0.15, 0.2) is 9.84 Å². The van der Waals surface area contributed by atoms with E-state index in [0.717, 1.165) is 11.5 Å². The molecule has 1 rings (SSSR count). The first kappa shape index (κ1) is 16.0. The van der Waals surface area contributed by atoms with E-state index in [1.165, 1.54) is 25.1 Å². The van der Waals surface area contributed by atoms with Gasteiger partial charge in [0.1, 0.15) is 0 Å². The molecule has 106 valence electrons. The molecule has 0 fully saturated rings. The van der Waals surface area contributed by atoms with Crippen LogP contribution in [0.3, 0.4) is 0 Å². The largest absolute Gasteiger partial charge is 0.478 e. The van der Waals surface area contributed by atoms with Crippen LogP contribution in [0.1, 0.15) is 29.3 Å². The van der Waals surface area contributed by atoms with Crippen molar-refractivity contribution in [1.29, 1.82) is 0 Å². The van der Waals surface area contributed by atoms with Crippen LogP contribution in [-0.4, -0.2) is 36.8 Å². The van der Waals surface area contributed by atoms with E-state index in [4.69, 9.17) is 5.11 Å². The minimum absolute atomic E-state index is 0.0454. The van der Waals surface area contributed by atoms with Gasteiger partial charge in [-0.3, -0.25) is 0 Å². The quantitative estimate of drug-likeness (QED) is 0.784. The Morgan fingerprint density at radius 3 is 2.63 bits per heavy atom. The van der Waals surface area contributed by atoms with Crippen molar-refractivity contribution in [2.45, 2.75) is 25.2 Å². The van der Waals surface area contributed by atoms with Gasteiger partial charge in [-0.05, 0) is 42.5 Å². The van der Waals surface area contributed by atoms with Gasteiger partial charge in [0.2, 0.25) is 0 Å². The fraction of sp³-hybridized carbons (Fsp3) is 0.462. The minimum Gasteiger partial charge on any atom is -0.478 e. The van der Waals surface area contributed by atoms with E-state index in [-0.39, 0.29) is 16.2 Å². The first-order chi connectivity index (χ1) is 8.90. The second kappa shape index (κ2) is 6.96. The molecule has 0 radical (unpaired) electrons. The van der Waals surface area contributed by atoms with Crippen LogP contribution in [0.15, 0.2) is 23.1 Å². The van der Waals surface area contributed by atoms with Crippen LogP contribution in [0.4, 0.5) is 0 Å². The number of aromatic carboxylic acids is 1. The molecule has 0 aliphatic carbocycles. The van der Waals surface area contributed by atoms with Gasteiger partial charge in [0, 0.05) is 0 Å². The van der Waals surface area contributed by atoms with Gasteiger partial charge in [0.25, 0.3) is 0 Å². The molecule has 1 aromatic carbocycles. The monoisotopic (exact) mass is 302 g/mol. The lowest BCUT2D eigenvalue weighted by molar-refractivity contribution is 0.0696. The van der Waals surface area contributed by atoms with Crippen LogP contribution in [0.5, 0.6) is 0 Å². The van der Waals surface area contributed by atoms with E-state index in [1.54, 1.807) is 11.8 Å². The third-order valence-corrected chi connectivity index (χ3v) is 5.68. The van der Waals surface area contributed by atoms with Crippen LogP contribution in [0.25, 0.3) is 0 Å². The zero-order valence-electron chi connectivity index (χ0n) is 11.0. The predicted molar refractivity (Wildman–Crippen MR) is 77.8 cm³/mol. The molecule has 0 bridgehead atoms. The normalized spacial score (nSPS) is 11.5. The summed E-state index contributed by atoms with van der Waals surface area (Å²) >= 11 is 1.70. The molecule has 1 N–H and O–H groups in total. The fourth-order valence-corrected chi connectivity index (χ4v) is 4.21. The number of hydrogen-bond donors (Lipinski definition) is 1. The van der Waals surface area contributed by atoms with Crippen molar-refractivity contribution >= 4 is 27.6 Å². The van der Waals surface area contributed by atoms with Crippen molar-refractivity contribution in [1.82, 2.24) is 0 Å². The van der Waals surface area contributed by atoms with Crippen molar-refractivity contribution in [3.63, 3.8) is 0 Å². The van der Waals surface area contributed by atoms with E-state index in [1.807, 2.05) is 6.92 Å². The fourth-order valence-electron chi connectivity index (χ4n) is 1.79. The summed E-state index contributed by atoms with van der Waals surface area (Å²) in [5, 5.41) is 9.00. The lowest BCUT2D eigenvalue weighted by Gasteiger charge is -2.09. The molecule has 0 amide bonds. The molecule has 0 saturated carbocycles. The van der Waals surface area contributed by atoms with Gasteiger partial charge in [-0.2, -0.15) is 11.8 Å². The average Bonchev–Trinajstić information content (AvgIpc) is 2.34. The van der Waals surface area contributed by atoms with Crippen LogP contribution in [-0.2, 0) is 9.84 Å². The Bertz CT molecular complexity index is 550. The predicted octanol–water partition coefficient (Wildman–Crippen LogP) is 2.61. The van der Waals surface area contributed by atoms with Gasteiger partial charge < -0.3 is 5.11 Å². The number of carboxylic acids is 1. The van der Waals surface area contributed by atoms with Crippen molar-refractivity contribution < 1.29 is 18.3 Å². The number of rotatable bonds is 7. The Hall–Kier alpha value is -1.01. The van der Waals surface area contributed by atoms with Gasteiger partial charge in [0.05, 0.1) is 16.2 Å². The molecule has 4 nitrogen and oxygen atoms in total. The Morgan fingerprint density at radius 2 is 2.05 bits per heavy atom. The van der Waals surface area contributed by atoms with E-state index >= 15 is 0 Å². The Morgan fingerprint density at radius 1 is 1.37 bits per heavy atom. The molecule has 1 aromatic rings. The number of carbonyl (C=O) groups is 1. The second-order valence-electron chi connectivity index (χ2n) is 4.10. The summed E-state index contributed by atoms with van der Waals surface area (Å²) in [7, 11) is -3.40. The van der Waals surface area contributed by atoms with Gasteiger partial charge in [-0.15, -0.1) is 0 Å². The number of thioether (sulfide) groups is 1. The maximum absolute atomic E-state index is 12.2. The third kappa shape index (κ3) is 4.24. The SMILES string of the molecule is CCSCCCS(=O)(=O)c1cccc(C(=O)O)c1C. The third-order valence-electron chi connectivity index (χ3n) is 2.76. The summed E-state index contributed by atoms with van der Waals surface area (Å²) in [5.41, 5.74) is 0.363. The first-order valence-electron chi connectivity index (χ1n) is 6.03. The number of carboxylic acid groups (broad SMARTS) is 1. The van der Waals surface area contributed by atoms with Crippen LogP contribution < -0.4 is 0 Å². The molecule has 0 aliphatic heterocycles. The molecule has 0 atom stereocenters. The van der Waals surface area contributed by atoms with Gasteiger partial charge in [-0.25, -0.2) is 13.2 Å². The Kier molecular flexibility index (Phi) is 5.87. The summed E-state index contributed by atoms with van der Waals surface area (Å²) in [6.45, 7) is 3.57. The lowest BCUT2D eigenvalue weighted by Crippen LogP contribution is -2.12.